The second-order valence-electron chi connectivity index (χ2n) is 6.59. The molecular formula is C18H21FN4O4S. The average Bonchev–Trinajstić information content (AvgIpc) is 3.05. The maximum Gasteiger partial charge on any atom is 0.323 e. The number of hydrogen-bond donors (Lipinski definition) is 2. The Kier molecular flexibility index (Phi) is 5.80. The predicted octanol–water partition coefficient (Wildman–Crippen LogP) is 2.59. The monoisotopic (exact) mass is 408 g/mol. The number of halogens is 1. The van der Waals surface area contributed by atoms with Crippen LogP contribution >= 0.6 is 0 Å². The Bertz CT molecular complexity index is 966. The van der Waals surface area contributed by atoms with Gasteiger partial charge in [-0.1, -0.05) is 0 Å². The van der Waals surface area contributed by atoms with Crippen LogP contribution in [-0.2, 0) is 10.0 Å². The molecule has 1 aliphatic heterocycles. The molecule has 0 aliphatic carbocycles. The molecule has 1 atom stereocenters. The lowest BCUT2D eigenvalue weighted by Gasteiger charge is -2.16. The van der Waals surface area contributed by atoms with E-state index < -0.39 is 21.9 Å². The van der Waals surface area contributed by atoms with Gasteiger partial charge in [0.2, 0.25) is 10.0 Å². The number of nitrogens with zero attached hydrogens (tertiary/aromatic N) is 2. The lowest BCUT2D eigenvalue weighted by Crippen LogP contribution is -2.29. The molecule has 0 radical (unpaired) electrons. The van der Waals surface area contributed by atoms with Gasteiger partial charge in [-0.05, 0) is 31.5 Å². The molecule has 2 heterocycles. The molecule has 2 aromatic rings. The summed E-state index contributed by atoms with van der Waals surface area (Å²) in [6.07, 6.45) is 2.79. The molecule has 1 fully saturated rings. The summed E-state index contributed by atoms with van der Waals surface area (Å²) in [6.45, 7) is 2.40. The highest BCUT2D eigenvalue weighted by Gasteiger charge is 2.30. The fourth-order valence-corrected chi connectivity index (χ4v) is 3.70. The number of carbonyl (C=O) groups excluding carboxylic acids is 1. The number of benzene rings is 1. The lowest BCUT2D eigenvalue weighted by atomic mass is 10.2. The van der Waals surface area contributed by atoms with Crippen LogP contribution in [0, 0.1) is 12.7 Å². The van der Waals surface area contributed by atoms with E-state index in [1.54, 1.807) is 12.1 Å². The van der Waals surface area contributed by atoms with E-state index in [4.69, 9.17) is 4.74 Å². The Balaban J connectivity index is 1.63. The zero-order chi connectivity index (χ0) is 20.3. The van der Waals surface area contributed by atoms with Crippen LogP contribution in [0.4, 0.5) is 20.6 Å². The minimum Gasteiger partial charge on any atom is -0.489 e. The largest absolute Gasteiger partial charge is 0.489 e. The molecule has 1 aromatic heterocycles. The SMILES string of the molecule is Cc1ccc(NC(=O)Nc2cc(F)cc(OC3CCN(S(C)(=O)=O)C3)c2)cn1. The molecule has 2 N–H and O–H groups in total. The molecule has 1 aromatic carbocycles. The lowest BCUT2D eigenvalue weighted by molar-refractivity contribution is 0.215. The van der Waals surface area contributed by atoms with Gasteiger partial charge < -0.3 is 15.4 Å². The van der Waals surface area contributed by atoms with Crippen molar-refractivity contribution in [3.8, 4) is 5.75 Å². The summed E-state index contributed by atoms with van der Waals surface area (Å²) in [5.41, 5.74) is 1.53. The van der Waals surface area contributed by atoms with E-state index in [1.807, 2.05) is 6.92 Å². The zero-order valence-electron chi connectivity index (χ0n) is 15.5. The molecule has 0 saturated carbocycles. The fraction of sp³-hybridized carbons (Fsp3) is 0.333. The molecule has 0 bridgehead atoms. The van der Waals surface area contributed by atoms with Crippen LogP contribution in [0.3, 0.4) is 0 Å². The molecule has 0 spiro atoms. The van der Waals surface area contributed by atoms with Crippen LogP contribution in [0.25, 0.3) is 0 Å². The highest BCUT2D eigenvalue weighted by Crippen LogP contribution is 2.24. The molecule has 1 unspecified atom stereocenters. The van der Waals surface area contributed by atoms with Gasteiger partial charge in [-0.15, -0.1) is 0 Å². The van der Waals surface area contributed by atoms with E-state index >= 15 is 0 Å². The van der Waals surface area contributed by atoms with Gasteiger partial charge in [-0.2, -0.15) is 4.31 Å². The summed E-state index contributed by atoms with van der Waals surface area (Å²) in [5, 5.41) is 5.14. The van der Waals surface area contributed by atoms with Gasteiger partial charge >= 0.3 is 6.03 Å². The number of aromatic nitrogens is 1. The third-order valence-corrected chi connectivity index (χ3v) is 5.45. The van der Waals surface area contributed by atoms with Gasteiger partial charge in [0.05, 0.1) is 24.7 Å². The molecule has 28 heavy (non-hydrogen) atoms. The van der Waals surface area contributed by atoms with E-state index in [1.165, 1.54) is 22.6 Å². The normalized spacial score (nSPS) is 17.3. The zero-order valence-corrected chi connectivity index (χ0v) is 16.3. The van der Waals surface area contributed by atoms with Crippen molar-refractivity contribution in [1.29, 1.82) is 0 Å². The van der Waals surface area contributed by atoms with E-state index in [0.29, 0.717) is 18.7 Å². The number of amides is 2. The maximum atomic E-state index is 13.9. The molecule has 3 rings (SSSR count). The van der Waals surface area contributed by atoms with Crippen molar-refractivity contribution in [2.75, 3.05) is 30.0 Å². The van der Waals surface area contributed by atoms with E-state index in [2.05, 4.69) is 15.6 Å². The van der Waals surface area contributed by atoms with Crippen molar-refractivity contribution < 1.29 is 22.3 Å². The first-order chi connectivity index (χ1) is 13.2. The number of carbonyl (C=O) groups is 1. The van der Waals surface area contributed by atoms with Crippen molar-refractivity contribution in [3.05, 3.63) is 48.0 Å². The first kappa shape index (κ1) is 20.0. The summed E-state index contributed by atoms with van der Waals surface area (Å²) in [7, 11) is -3.28. The molecule has 10 heteroatoms. The Morgan fingerprint density at radius 1 is 1.25 bits per heavy atom. The summed E-state index contributed by atoms with van der Waals surface area (Å²) in [6, 6.07) is 6.75. The van der Waals surface area contributed by atoms with Gasteiger partial charge in [0.25, 0.3) is 0 Å². The summed E-state index contributed by atoms with van der Waals surface area (Å²) in [4.78, 5) is 16.2. The average molecular weight is 408 g/mol. The number of hydrogen-bond acceptors (Lipinski definition) is 5. The third-order valence-electron chi connectivity index (χ3n) is 4.18. The summed E-state index contributed by atoms with van der Waals surface area (Å²) in [5.74, 6) is -0.365. The summed E-state index contributed by atoms with van der Waals surface area (Å²) < 4.78 is 44.1. The fourth-order valence-electron chi connectivity index (χ4n) is 2.83. The number of nitrogens with one attached hydrogen (secondary N) is 2. The first-order valence-corrected chi connectivity index (χ1v) is 10.5. The Labute approximate surface area is 162 Å². The van der Waals surface area contributed by atoms with Crippen molar-refractivity contribution in [3.63, 3.8) is 0 Å². The third kappa shape index (κ3) is 5.40. The second-order valence-corrected chi connectivity index (χ2v) is 8.57. The highest BCUT2D eigenvalue weighted by atomic mass is 32.2. The number of urea groups is 1. The number of pyridine rings is 1. The minimum atomic E-state index is -3.28. The van der Waals surface area contributed by atoms with Gasteiger partial charge in [-0.3, -0.25) is 4.98 Å². The van der Waals surface area contributed by atoms with E-state index in [-0.39, 0.29) is 24.1 Å². The standard InChI is InChI=1S/C18H21FN4O4S/c1-12-3-4-14(10-20-12)21-18(24)22-15-7-13(19)8-17(9-15)27-16-5-6-23(11-16)28(2,25)26/h3-4,7-10,16H,5-6,11H2,1-2H3,(H2,21,22,24). The molecule has 150 valence electrons. The quantitative estimate of drug-likeness (QED) is 0.792. The topological polar surface area (TPSA) is 101 Å². The van der Waals surface area contributed by atoms with Gasteiger partial charge in [0.1, 0.15) is 17.7 Å². The predicted molar refractivity (Wildman–Crippen MR) is 103 cm³/mol. The number of ether oxygens (including phenoxy) is 1. The number of sulfonamides is 1. The second kappa shape index (κ2) is 8.11. The van der Waals surface area contributed by atoms with E-state index in [0.717, 1.165) is 18.0 Å². The van der Waals surface area contributed by atoms with Crippen LogP contribution in [0.15, 0.2) is 36.5 Å². The molecule has 2 amide bonds. The highest BCUT2D eigenvalue weighted by molar-refractivity contribution is 7.88. The molecular weight excluding hydrogens is 387 g/mol. The van der Waals surface area contributed by atoms with Crippen molar-refractivity contribution in [2.45, 2.75) is 19.4 Å². The van der Waals surface area contributed by atoms with Gasteiger partial charge in [0.15, 0.2) is 0 Å². The number of anilines is 2. The van der Waals surface area contributed by atoms with Crippen LogP contribution in [0.5, 0.6) is 5.75 Å². The minimum absolute atomic E-state index is 0.207. The first-order valence-electron chi connectivity index (χ1n) is 8.62. The molecule has 1 aliphatic rings. The van der Waals surface area contributed by atoms with E-state index in [9.17, 15) is 17.6 Å². The Morgan fingerprint density at radius 2 is 2.00 bits per heavy atom. The van der Waals surface area contributed by atoms with Crippen LogP contribution in [0.2, 0.25) is 0 Å². The van der Waals surface area contributed by atoms with Crippen molar-refractivity contribution in [1.82, 2.24) is 9.29 Å². The van der Waals surface area contributed by atoms with Crippen LogP contribution in [-0.4, -0.2) is 49.2 Å². The number of rotatable bonds is 5. The Morgan fingerprint density at radius 3 is 2.64 bits per heavy atom. The van der Waals surface area contributed by atoms with Crippen LogP contribution in [0.1, 0.15) is 12.1 Å². The summed E-state index contributed by atoms with van der Waals surface area (Å²) >= 11 is 0. The maximum absolute atomic E-state index is 13.9. The van der Waals surface area contributed by atoms with Gasteiger partial charge in [0, 0.05) is 30.1 Å². The number of aryl methyl sites for hydroxylation is 1. The van der Waals surface area contributed by atoms with Crippen molar-refractivity contribution >= 4 is 27.4 Å². The van der Waals surface area contributed by atoms with Gasteiger partial charge in [-0.25, -0.2) is 17.6 Å². The Hall–Kier alpha value is -2.72. The smallest absolute Gasteiger partial charge is 0.323 e. The van der Waals surface area contributed by atoms with Crippen LogP contribution < -0.4 is 15.4 Å². The van der Waals surface area contributed by atoms with Crippen molar-refractivity contribution in [2.24, 2.45) is 0 Å². The molecule has 1 saturated heterocycles. The molecule has 8 nitrogen and oxygen atoms in total.